The molecule has 3 aromatic heterocycles. The molecule has 0 aliphatic carbocycles. The molecule has 0 radical (unpaired) electrons. The number of benzene rings is 1. The Hall–Kier alpha value is -3.18. The number of hydrogen-bond acceptors (Lipinski definition) is 6. The van der Waals surface area contributed by atoms with Gasteiger partial charge < -0.3 is 19.9 Å². The molecule has 12 heteroatoms. The molecule has 0 saturated carbocycles. The lowest BCUT2D eigenvalue weighted by atomic mass is 10.1. The summed E-state index contributed by atoms with van der Waals surface area (Å²) in [5.74, 6) is -0.261. The second-order valence-corrected chi connectivity index (χ2v) is 10.2. The van der Waals surface area contributed by atoms with E-state index in [-0.39, 0.29) is 31.0 Å². The van der Waals surface area contributed by atoms with Crippen molar-refractivity contribution in [2.45, 2.75) is 38.6 Å². The number of fused-ring (bicyclic) bond motifs is 2. The Bertz CT molecular complexity index is 1510. The summed E-state index contributed by atoms with van der Waals surface area (Å²) in [6.07, 6.45) is 5.42. The Morgan fingerprint density at radius 3 is 2.81 bits per heavy atom. The lowest BCUT2D eigenvalue weighted by Gasteiger charge is -2.24. The van der Waals surface area contributed by atoms with Crippen molar-refractivity contribution in [2.24, 2.45) is 0 Å². The molecule has 3 amide bonds. The van der Waals surface area contributed by atoms with E-state index >= 15 is 0 Å². The van der Waals surface area contributed by atoms with Crippen molar-refractivity contribution in [3.63, 3.8) is 0 Å². The molecule has 0 bridgehead atoms. The largest absolute Gasteiger partial charge is 0.374 e. The van der Waals surface area contributed by atoms with Gasteiger partial charge in [0.25, 0.3) is 5.91 Å². The number of aromatic nitrogens is 4. The van der Waals surface area contributed by atoms with Gasteiger partial charge in [0.2, 0.25) is 0 Å². The standard InChI is InChI=1S/C25H26ClN7O3.ClH/c1-25(2)23(34)32(24(35)30-25)11-15-7-20-21(28-14-29-33(20)12-15)19-9-17(26)8-16-3-5-31(22(16)19)13-18-10-27-4-6-36-18;/h3,5,7-9,12,14,18,27H,4,6,10-11,13H2,1-2H3,(H,30,35);1H/t18-;/m0./s1. The van der Waals surface area contributed by atoms with E-state index in [0.717, 1.165) is 40.6 Å². The fourth-order valence-corrected chi connectivity index (χ4v) is 5.25. The molecule has 37 heavy (non-hydrogen) atoms. The van der Waals surface area contributed by atoms with Crippen LogP contribution >= 0.6 is 24.0 Å². The lowest BCUT2D eigenvalue weighted by Crippen LogP contribution is -2.40. The summed E-state index contributed by atoms with van der Waals surface area (Å²) in [5.41, 5.74) is 3.20. The Morgan fingerprint density at radius 1 is 1.24 bits per heavy atom. The molecule has 0 spiro atoms. The van der Waals surface area contributed by atoms with E-state index in [2.05, 4.69) is 25.3 Å². The van der Waals surface area contributed by atoms with Gasteiger partial charge in [0.15, 0.2) is 0 Å². The Kier molecular flexibility index (Phi) is 6.61. The van der Waals surface area contributed by atoms with Crippen molar-refractivity contribution in [2.75, 3.05) is 19.7 Å². The van der Waals surface area contributed by atoms with Crippen LogP contribution in [-0.2, 0) is 22.6 Å². The number of carbonyl (C=O) groups excluding carboxylic acids is 2. The first-order valence-corrected chi connectivity index (χ1v) is 12.3. The third-order valence-electron chi connectivity index (χ3n) is 6.73. The van der Waals surface area contributed by atoms with Gasteiger partial charge in [-0.3, -0.25) is 9.69 Å². The Labute approximate surface area is 224 Å². The summed E-state index contributed by atoms with van der Waals surface area (Å²) >= 11 is 6.52. The second-order valence-electron chi connectivity index (χ2n) is 9.79. The van der Waals surface area contributed by atoms with Gasteiger partial charge in [0.05, 0.1) is 42.5 Å². The molecular weight excluding hydrogens is 517 g/mol. The maximum Gasteiger partial charge on any atom is 0.325 e. The number of rotatable bonds is 5. The number of nitrogens with one attached hydrogen (secondary N) is 2. The highest BCUT2D eigenvalue weighted by Crippen LogP contribution is 2.34. The zero-order chi connectivity index (χ0) is 25.0. The number of hydrogen-bond donors (Lipinski definition) is 2. The number of imide groups is 1. The van der Waals surface area contributed by atoms with E-state index in [1.807, 2.05) is 36.7 Å². The molecule has 6 rings (SSSR count). The summed E-state index contributed by atoms with van der Waals surface area (Å²) in [6, 6.07) is 7.41. The van der Waals surface area contributed by atoms with E-state index in [4.69, 9.17) is 16.3 Å². The van der Waals surface area contributed by atoms with E-state index in [0.29, 0.717) is 23.9 Å². The second kappa shape index (κ2) is 9.60. The minimum Gasteiger partial charge on any atom is -0.374 e. The van der Waals surface area contributed by atoms with Crippen molar-refractivity contribution in [1.82, 2.24) is 34.7 Å². The van der Waals surface area contributed by atoms with E-state index in [1.165, 1.54) is 11.2 Å². The molecule has 2 N–H and O–H groups in total. The first kappa shape index (κ1) is 25.5. The molecule has 0 unspecified atom stereocenters. The molecule has 2 fully saturated rings. The van der Waals surface area contributed by atoms with Crippen LogP contribution in [-0.4, -0.2) is 67.3 Å². The SMILES string of the molecule is CC1(C)NC(=O)N(Cc2cc3c(-c4cc(Cl)cc5ccn(C[C@@H]6CNCCO6)c45)ncnn3c2)C1=O.Cl. The average molecular weight is 544 g/mol. The van der Waals surface area contributed by atoms with Crippen molar-refractivity contribution >= 4 is 52.4 Å². The molecule has 2 saturated heterocycles. The van der Waals surface area contributed by atoms with E-state index < -0.39 is 11.6 Å². The predicted octanol–water partition coefficient (Wildman–Crippen LogP) is 3.25. The molecule has 10 nitrogen and oxygen atoms in total. The zero-order valence-electron chi connectivity index (χ0n) is 20.4. The molecule has 1 atom stereocenters. The topological polar surface area (TPSA) is 106 Å². The Morgan fingerprint density at radius 2 is 2.08 bits per heavy atom. The smallest absolute Gasteiger partial charge is 0.325 e. The van der Waals surface area contributed by atoms with Crippen LogP contribution in [0, 0.1) is 0 Å². The van der Waals surface area contributed by atoms with Crippen LogP contribution < -0.4 is 10.6 Å². The number of nitrogens with zero attached hydrogens (tertiary/aromatic N) is 5. The Balaban J connectivity index is 0.00000280. The van der Waals surface area contributed by atoms with Crippen LogP contribution in [0.4, 0.5) is 4.79 Å². The third kappa shape index (κ3) is 4.54. The summed E-state index contributed by atoms with van der Waals surface area (Å²) in [5, 5.41) is 12.1. The molecule has 5 heterocycles. The number of halogens is 2. The van der Waals surface area contributed by atoms with Crippen LogP contribution in [0.25, 0.3) is 27.7 Å². The maximum atomic E-state index is 12.7. The molecule has 1 aromatic carbocycles. The van der Waals surface area contributed by atoms with Crippen LogP contribution in [0.3, 0.4) is 0 Å². The molecular formula is C25H27Cl2N7O3. The van der Waals surface area contributed by atoms with Gasteiger partial charge in [0, 0.05) is 41.5 Å². The molecule has 4 aromatic rings. The van der Waals surface area contributed by atoms with Gasteiger partial charge in [-0.05, 0) is 43.7 Å². The van der Waals surface area contributed by atoms with Gasteiger partial charge in [-0.25, -0.2) is 14.3 Å². The molecule has 194 valence electrons. The van der Waals surface area contributed by atoms with E-state index in [1.54, 1.807) is 18.4 Å². The van der Waals surface area contributed by atoms with Crippen LogP contribution in [0.15, 0.2) is 43.0 Å². The van der Waals surface area contributed by atoms with Gasteiger partial charge in [-0.1, -0.05) is 11.6 Å². The van der Waals surface area contributed by atoms with Crippen molar-refractivity contribution in [3.8, 4) is 11.3 Å². The monoisotopic (exact) mass is 543 g/mol. The highest BCUT2D eigenvalue weighted by Gasteiger charge is 2.44. The summed E-state index contributed by atoms with van der Waals surface area (Å²) in [7, 11) is 0. The van der Waals surface area contributed by atoms with Gasteiger partial charge in [0.1, 0.15) is 11.9 Å². The van der Waals surface area contributed by atoms with Gasteiger partial charge >= 0.3 is 6.03 Å². The average Bonchev–Trinajstić information content (AvgIpc) is 3.50. The first-order valence-electron chi connectivity index (χ1n) is 11.9. The fraction of sp³-hybridized carbons (Fsp3) is 0.360. The minimum absolute atomic E-state index is 0. The highest BCUT2D eigenvalue weighted by molar-refractivity contribution is 6.32. The molecule has 2 aliphatic rings. The normalized spacial score (nSPS) is 19.4. The van der Waals surface area contributed by atoms with Gasteiger partial charge in [-0.2, -0.15) is 5.10 Å². The van der Waals surface area contributed by atoms with Crippen LogP contribution in [0.2, 0.25) is 5.02 Å². The number of morpholine rings is 1. The number of carbonyl (C=O) groups is 2. The lowest BCUT2D eigenvalue weighted by molar-refractivity contribution is -0.130. The molecule has 2 aliphatic heterocycles. The van der Waals surface area contributed by atoms with Crippen molar-refractivity contribution in [3.05, 3.63) is 53.6 Å². The maximum absolute atomic E-state index is 12.7. The summed E-state index contributed by atoms with van der Waals surface area (Å²) in [6.45, 7) is 6.58. The zero-order valence-corrected chi connectivity index (χ0v) is 22.0. The first-order chi connectivity index (χ1) is 17.3. The fourth-order valence-electron chi connectivity index (χ4n) is 5.02. The predicted molar refractivity (Wildman–Crippen MR) is 142 cm³/mol. The summed E-state index contributed by atoms with van der Waals surface area (Å²) < 4.78 is 9.83. The third-order valence-corrected chi connectivity index (χ3v) is 6.95. The highest BCUT2D eigenvalue weighted by atomic mass is 35.5. The minimum atomic E-state index is -0.920. The van der Waals surface area contributed by atoms with Crippen LogP contribution in [0.1, 0.15) is 19.4 Å². The van der Waals surface area contributed by atoms with Gasteiger partial charge in [-0.15, -0.1) is 12.4 Å². The number of urea groups is 1. The number of ether oxygens (including phenoxy) is 1. The van der Waals surface area contributed by atoms with E-state index in [9.17, 15) is 9.59 Å². The summed E-state index contributed by atoms with van der Waals surface area (Å²) in [4.78, 5) is 30.9. The number of amides is 3. The van der Waals surface area contributed by atoms with Crippen LogP contribution in [0.5, 0.6) is 0 Å². The van der Waals surface area contributed by atoms with Crippen molar-refractivity contribution < 1.29 is 14.3 Å². The van der Waals surface area contributed by atoms with Crippen molar-refractivity contribution in [1.29, 1.82) is 0 Å². The quantitative estimate of drug-likeness (QED) is 0.374.